The van der Waals surface area contributed by atoms with Gasteiger partial charge in [-0.3, -0.25) is 0 Å². The van der Waals surface area contributed by atoms with E-state index in [0.29, 0.717) is 0 Å². The summed E-state index contributed by atoms with van der Waals surface area (Å²) >= 11 is 0. The smallest absolute Gasteiger partial charge is 0.0114 e. The SMILES string of the molecule is C[P@@](c1ccccc1)C1C2CC3CC(C2)CC1C3. The molecule has 4 bridgehead atoms. The molecule has 0 unspecified atom stereocenters. The van der Waals surface area contributed by atoms with Gasteiger partial charge in [-0.05, 0) is 73.4 Å². The molecular formula is C17H23P. The van der Waals surface area contributed by atoms with E-state index in [1.807, 2.05) is 0 Å². The van der Waals surface area contributed by atoms with Crippen LogP contribution in [0.15, 0.2) is 30.3 Å². The Morgan fingerprint density at radius 3 is 1.94 bits per heavy atom. The minimum Gasteiger partial charge on any atom is -0.0748 e. The van der Waals surface area contributed by atoms with Crippen LogP contribution < -0.4 is 5.30 Å². The van der Waals surface area contributed by atoms with Crippen LogP contribution >= 0.6 is 7.92 Å². The average molecular weight is 258 g/mol. The van der Waals surface area contributed by atoms with Gasteiger partial charge >= 0.3 is 0 Å². The molecule has 0 spiro atoms. The lowest BCUT2D eigenvalue weighted by Gasteiger charge is -2.56. The zero-order valence-electron chi connectivity index (χ0n) is 11.3. The molecule has 5 rings (SSSR count). The normalized spacial score (nSPS) is 43.1. The van der Waals surface area contributed by atoms with Gasteiger partial charge in [0.1, 0.15) is 0 Å². The summed E-state index contributed by atoms with van der Waals surface area (Å²) in [6.07, 6.45) is 7.84. The van der Waals surface area contributed by atoms with E-state index in [-0.39, 0.29) is 7.92 Å². The fraction of sp³-hybridized carbons (Fsp3) is 0.647. The molecule has 0 nitrogen and oxygen atoms in total. The Bertz CT molecular complexity index is 396. The van der Waals surface area contributed by atoms with E-state index < -0.39 is 0 Å². The summed E-state index contributed by atoms with van der Waals surface area (Å²) < 4.78 is 0. The molecular weight excluding hydrogens is 235 g/mol. The lowest BCUT2D eigenvalue weighted by atomic mass is 9.56. The van der Waals surface area contributed by atoms with E-state index in [4.69, 9.17) is 0 Å². The van der Waals surface area contributed by atoms with Gasteiger partial charge in [0.25, 0.3) is 0 Å². The van der Waals surface area contributed by atoms with Gasteiger partial charge in [-0.2, -0.15) is 0 Å². The van der Waals surface area contributed by atoms with Crippen molar-refractivity contribution < 1.29 is 0 Å². The summed E-state index contributed by atoms with van der Waals surface area (Å²) in [5, 5.41) is 1.64. The fourth-order valence-electron chi connectivity index (χ4n) is 5.36. The molecule has 4 fully saturated rings. The first kappa shape index (κ1) is 11.5. The fourth-order valence-corrected chi connectivity index (χ4v) is 8.10. The van der Waals surface area contributed by atoms with Crippen molar-refractivity contribution in [1.29, 1.82) is 0 Å². The molecule has 1 heteroatoms. The van der Waals surface area contributed by atoms with Crippen LogP contribution in [0.5, 0.6) is 0 Å². The highest BCUT2D eigenvalue weighted by molar-refractivity contribution is 7.65. The Morgan fingerprint density at radius 1 is 0.833 bits per heavy atom. The third kappa shape index (κ3) is 1.76. The van der Waals surface area contributed by atoms with Gasteiger partial charge in [-0.15, -0.1) is 0 Å². The Hall–Kier alpha value is -0.350. The highest BCUT2D eigenvalue weighted by atomic mass is 31.1. The van der Waals surface area contributed by atoms with Gasteiger partial charge in [0.05, 0.1) is 0 Å². The molecule has 0 radical (unpaired) electrons. The third-order valence-corrected chi connectivity index (χ3v) is 8.64. The molecule has 4 aliphatic rings. The summed E-state index contributed by atoms with van der Waals surface area (Å²) in [4.78, 5) is 0. The van der Waals surface area contributed by atoms with E-state index in [2.05, 4.69) is 37.0 Å². The monoisotopic (exact) mass is 258 g/mol. The van der Waals surface area contributed by atoms with Crippen LogP contribution in [-0.4, -0.2) is 12.3 Å². The van der Waals surface area contributed by atoms with E-state index in [1.54, 1.807) is 37.4 Å². The van der Waals surface area contributed by atoms with Gasteiger partial charge in [-0.1, -0.05) is 38.3 Å². The average Bonchev–Trinajstić information content (AvgIpc) is 2.38. The van der Waals surface area contributed by atoms with Crippen molar-refractivity contribution >= 4 is 13.2 Å². The number of hydrogen-bond donors (Lipinski definition) is 0. The zero-order valence-corrected chi connectivity index (χ0v) is 12.2. The van der Waals surface area contributed by atoms with Crippen LogP contribution in [0.4, 0.5) is 0 Å². The predicted octanol–water partition coefficient (Wildman–Crippen LogP) is 4.25. The van der Waals surface area contributed by atoms with E-state index in [1.165, 1.54) is 0 Å². The highest BCUT2D eigenvalue weighted by Gasteiger charge is 2.49. The molecule has 0 aromatic heterocycles. The molecule has 0 N–H and O–H groups in total. The van der Waals surface area contributed by atoms with Gasteiger partial charge in [-0.25, -0.2) is 0 Å². The number of benzene rings is 1. The van der Waals surface area contributed by atoms with Crippen LogP contribution in [0.2, 0.25) is 0 Å². The molecule has 1 aromatic carbocycles. The van der Waals surface area contributed by atoms with Crippen LogP contribution in [0.25, 0.3) is 0 Å². The van der Waals surface area contributed by atoms with E-state index in [0.717, 1.165) is 29.3 Å². The van der Waals surface area contributed by atoms with Crippen LogP contribution in [0.3, 0.4) is 0 Å². The first-order valence-corrected chi connectivity index (χ1v) is 9.45. The Morgan fingerprint density at radius 2 is 1.39 bits per heavy atom. The van der Waals surface area contributed by atoms with Crippen molar-refractivity contribution in [3.63, 3.8) is 0 Å². The largest absolute Gasteiger partial charge is 0.0748 e. The van der Waals surface area contributed by atoms with Crippen molar-refractivity contribution in [3.05, 3.63) is 30.3 Å². The minimum absolute atomic E-state index is 0.0744. The minimum atomic E-state index is 0.0744. The summed E-state index contributed by atoms with van der Waals surface area (Å²) in [7, 11) is 0.0744. The second-order valence-electron chi connectivity index (χ2n) is 6.87. The first-order valence-electron chi connectivity index (χ1n) is 7.59. The van der Waals surface area contributed by atoms with Crippen molar-refractivity contribution in [1.82, 2.24) is 0 Å². The maximum Gasteiger partial charge on any atom is -0.0114 e. The molecule has 18 heavy (non-hydrogen) atoms. The molecule has 0 heterocycles. The highest BCUT2D eigenvalue weighted by Crippen LogP contribution is 2.61. The lowest BCUT2D eigenvalue weighted by molar-refractivity contribution is 0.0252. The molecule has 4 saturated carbocycles. The topological polar surface area (TPSA) is 0 Å². The standard InChI is InChI=1S/C17H23P/c1-18(16-5-3-2-4-6-16)17-14-8-12-7-13(10-14)11-15(17)9-12/h2-6,12-15,17H,7-11H2,1H3/t12?,13?,14?,15?,17?,18-/m0/s1. The zero-order chi connectivity index (χ0) is 12.1. The lowest BCUT2D eigenvalue weighted by Crippen LogP contribution is -2.48. The molecule has 96 valence electrons. The van der Waals surface area contributed by atoms with Crippen molar-refractivity contribution in [2.24, 2.45) is 23.7 Å². The molecule has 4 aliphatic carbocycles. The summed E-state index contributed by atoms with van der Waals surface area (Å²) in [6, 6.07) is 11.4. The van der Waals surface area contributed by atoms with Gasteiger partial charge < -0.3 is 0 Å². The summed E-state index contributed by atoms with van der Waals surface area (Å²) in [6.45, 7) is 2.55. The van der Waals surface area contributed by atoms with Crippen LogP contribution in [0.1, 0.15) is 32.1 Å². The first-order chi connectivity index (χ1) is 8.81. The summed E-state index contributed by atoms with van der Waals surface area (Å²) in [5.74, 6) is 4.39. The summed E-state index contributed by atoms with van der Waals surface area (Å²) in [5.41, 5.74) is 1.05. The maximum absolute atomic E-state index is 2.55. The number of hydrogen-bond acceptors (Lipinski definition) is 0. The quantitative estimate of drug-likeness (QED) is 0.696. The van der Waals surface area contributed by atoms with Crippen LogP contribution in [0, 0.1) is 23.7 Å². The van der Waals surface area contributed by atoms with E-state index >= 15 is 0 Å². The van der Waals surface area contributed by atoms with Gasteiger partial charge in [0, 0.05) is 0 Å². The van der Waals surface area contributed by atoms with Crippen molar-refractivity contribution in [2.75, 3.05) is 6.66 Å². The van der Waals surface area contributed by atoms with Crippen molar-refractivity contribution in [2.45, 2.75) is 37.8 Å². The maximum atomic E-state index is 2.55. The molecule has 0 saturated heterocycles. The van der Waals surface area contributed by atoms with Gasteiger partial charge in [0.2, 0.25) is 0 Å². The molecule has 0 amide bonds. The Balaban J connectivity index is 1.61. The second kappa shape index (κ2) is 4.34. The molecule has 1 aromatic rings. The van der Waals surface area contributed by atoms with Crippen molar-refractivity contribution in [3.8, 4) is 0 Å². The van der Waals surface area contributed by atoms with Crippen LogP contribution in [-0.2, 0) is 0 Å². The Labute approximate surface area is 112 Å². The predicted molar refractivity (Wildman–Crippen MR) is 79.8 cm³/mol. The molecule has 1 atom stereocenters. The molecule has 0 aliphatic heterocycles. The van der Waals surface area contributed by atoms with Gasteiger partial charge in [0.15, 0.2) is 0 Å². The second-order valence-corrected chi connectivity index (χ2v) is 9.20. The van der Waals surface area contributed by atoms with E-state index in [9.17, 15) is 0 Å². The number of rotatable bonds is 2. The Kier molecular flexibility index (Phi) is 2.77. The third-order valence-electron chi connectivity index (χ3n) is 5.79.